The van der Waals surface area contributed by atoms with E-state index in [9.17, 15) is 10.1 Å². The number of carbonyl (C=O) groups is 1. The standard InChI is InChI=1S/C17H22N4O/c1-20(17(22)13-5-2-6-13)15-8-4-10-21(12-15)16-14(11-18)7-3-9-19-16/h3,7,9,13,15H,2,4-6,8,10,12H2,1H3. The molecule has 22 heavy (non-hydrogen) atoms. The SMILES string of the molecule is CN(C(=O)C1CCC1)C1CCCN(c2ncccc2C#N)C1. The van der Waals surface area contributed by atoms with Crippen LogP contribution in [-0.4, -0.2) is 42.0 Å². The van der Waals surface area contributed by atoms with Gasteiger partial charge in [-0.1, -0.05) is 6.42 Å². The Bertz CT molecular complexity index is 591. The zero-order chi connectivity index (χ0) is 15.5. The van der Waals surface area contributed by atoms with Crippen molar-refractivity contribution < 1.29 is 4.79 Å². The summed E-state index contributed by atoms with van der Waals surface area (Å²) in [5.41, 5.74) is 0.608. The van der Waals surface area contributed by atoms with Gasteiger partial charge in [-0.3, -0.25) is 4.79 Å². The number of rotatable bonds is 3. The van der Waals surface area contributed by atoms with Gasteiger partial charge in [0.1, 0.15) is 11.9 Å². The lowest BCUT2D eigenvalue weighted by Gasteiger charge is -2.40. The number of anilines is 1. The van der Waals surface area contributed by atoms with Gasteiger partial charge < -0.3 is 9.80 Å². The molecular weight excluding hydrogens is 276 g/mol. The van der Waals surface area contributed by atoms with Gasteiger partial charge in [-0.25, -0.2) is 4.98 Å². The smallest absolute Gasteiger partial charge is 0.225 e. The van der Waals surface area contributed by atoms with Crippen molar-refractivity contribution in [1.29, 1.82) is 5.26 Å². The number of likely N-dealkylation sites (N-methyl/N-ethyl adjacent to an activating group) is 1. The average Bonchev–Trinajstić information content (AvgIpc) is 2.52. The van der Waals surface area contributed by atoms with Crippen LogP contribution < -0.4 is 4.90 Å². The fourth-order valence-electron chi connectivity index (χ4n) is 3.32. The van der Waals surface area contributed by atoms with Gasteiger partial charge in [0, 0.05) is 38.3 Å². The molecule has 2 heterocycles. The predicted molar refractivity (Wildman–Crippen MR) is 84.3 cm³/mol. The second-order valence-electron chi connectivity index (χ2n) is 6.31. The van der Waals surface area contributed by atoms with Crippen LogP contribution >= 0.6 is 0 Å². The number of piperidine rings is 1. The lowest BCUT2D eigenvalue weighted by atomic mass is 9.84. The van der Waals surface area contributed by atoms with Crippen molar-refractivity contribution in [3.8, 4) is 6.07 Å². The normalized spacial score (nSPS) is 21.8. The van der Waals surface area contributed by atoms with Crippen LogP contribution in [0, 0.1) is 17.2 Å². The molecule has 0 spiro atoms. The van der Waals surface area contributed by atoms with E-state index >= 15 is 0 Å². The molecule has 1 aliphatic heterocycles. The molecule has 5 nitrogen and oxygen atoms in total. The number of amides is 1. The Balaban J connectivity index is 1.71. The fraction of sp³-hybridized carbons (Fsp3) is 0.588. The Labute approximate surface area is 131 Å². The number of pyridine rings is 1. The summed E-state index contributed by atoms with van der Waals surface area (Å²) in [6.07, 6.45) is 7.04. The Morgan fingerprint density at radius 2 is 2.23 bits per heavy atom. The summed E-state index contributed by atoms with van der Waals surface area (Å²) in [5.74, 6) is 1.28. The minimum atomic E-state index is 0.218. The summed E-state index contributed by atoms with van der Waals surface area (Å²) in [6, 6.07) is 6.02. The quantitative estimate of drug-likeness (QED) is 0.858. The van der Waals surface area contributed by atoms with Crippen molar-refractivity contribution >= 4 is 11.7 Å². The largest absolute Gasteiger partial charge is 0.353 e. The van der Waals surface area contributed by atoms with Gasteiger partial charge in [0.2, 0.25) is 5.91 Å². The first-order chi connectivity index (χ1) is 10.7. The van der Waals surface area contributed by atoms with Crippen LogP contribution in [0.15, 0.2) is 18.3 Å². The van der Waals surface area contributed by atoms with Crippen LogP contribution in [-0.2, 0) is 4.79 Å². The van der Waals surface area contributed by atoms with Crippen molar-refractivity contribution in [1.82, 2.24) is 9.88 Å². The molecule has 1 saturated carbocycles. The van der Waals surface area contributed by atoms with Crippen LogP contribution in [0.2, 0.25) is 0 Å². The molecule has 0 N–H and O–H groups in total. The number of nitriles is 1. The second-order valence-corrected chi connectivity index (χ2v) is 6.31. The molecule has 5 heteroatoms. The van der Waals surface area contributed by atoms with Gasteiger partial charge in [-0.2, -0.15) is 5.26 Å². The van der Waals surface area contributed by atoms with E-state index in [4.69, 9.17) is 0 Å². The highest BCUT2D eigenvalue weighted by Gasteiger charge is 2.33. The Kier molecular flexibility index (Phi) is 4.28. The highest BCUT2D eigenvalue weighted by Crippen LogP contribution is 2.30. The monoisotopic (exact) mass is 298 g/mol. The van der Waals surface area contributed by atoms with Crippen molar-refractivity contribution in [2.24, 2.45) is 5.92 Å². The highest BCUT2D eigenvalue weighted by atomic mass is 16.2. The van der Waals surface area contributed by atoms with E-state index in [1.165, 1.54) is 6.42 Å². The third kappa shape index (κ3) is 2.78. The average molecular weight is 298 g/mol. The third-order valence-electron chi connectivity index (χ3n) is 4.95. The van der Waals surface area contributed by atoms with Gasteiger partial charge in [0.15, 0.2) is 0 Å². The molecule has 1 aliphatic carbocycles. The van der Waals surface area contributed by atoms with E-state index in [2.05, 4.69) is 16.0 Å². The number of nitrogens with zero attached hydrogens (tertiary/aromatic N) is 4. The van der Waals surface area contributed by atoms with Crippen LogP contribution in [0.4, 0.5) is 5.82 Å². The van der Waals surface area contributed by atoms with Crippen molar-refractivity contribution in [2.45, 2.75) is 38.1 Å². The molecule has 116 valence electrons. The number of aromatic nitrogens is 1. The van der Waals surface area contributed by atoms with Gasteiger partial charge in [0.05, 0.1) is 5.56 Å². The van der Waals surface area contributed by atoms with Crippen LogP contribution in [0.5, 0.6) is 0 Å². The van der Waals surface area contributed by atoms with Gasteiger partial charge in [-0.05, 0) is 37.8 Å². The summed E-state index contributed by atoms with van der Waals surface area (Å²) >= 11 is 0. The number of hydrogen-bond donors (Lipinski definition) is 0. The molecule has 2 fully saturated rings. The Morgan fingerprint density at radius 1 is 1.41 bits per heavy atom. The van der Waals surface area contributed by atoms with E-state index in [1.54, 1.807) is 18.3 Å². The van der Waals surface area contributed by atoms with Gasteiger partial charge >= 0.3 is 0 Å². The first-order valence-electron chi connectivity index (χ1n) is 8.07. The summed E-state index contributed by atoms with van der Waals surface area (Å²) in [5, 5.41) is 9.24. The molecule has 1 aromatic rings. The molecule has 3 rings (SSSR count). The zero-order valence-electron chi connectivity index (χ0n) is 13.0. The van der Waals surface area contributed by atoms with Crippen molar-refractivity contribution in [3.05, 3.63) is 23.9 Å². The van der Waals surface area contributed by atoms with E-state index in [1.807, 2.05) is 11.9 Å². The minimum Gasteiger partial charge on any atom is -0.353 e. The Hall–Kier alpha value is -2.09. The zero-order valence-corrected chi connectivity index (χ0v) is 13.0. The third-order valence-corrected chi connectivity index (χ3v) is 4.95. The van der Waals surface area contributed by atoms with E-state index in [0.29, 0.717) is 11.5 Å². The molecule has 0 aromatic carbocycles. The molecule has 1 unspecified atom stereocenters. The number of hydrogen-bond acceptors (Lipinski definition) is 4. The van der Waals surface area contributed by atoms with E-state index < -0.39 is 0 Å². The summed E-state index contributed by atoms with van der Waals surface area (Å²) in [7, 11) is 1.93. The molecular formula is C17H22N4O. The molecule has 0 radical (unpaired) electrons. The molecule has 0 bridgehead atoms. The van der Waals surface area contributed by atoms with E-state index in [0.717, 1.165) is 44.6 Å². The van der Waals surface area contributed by atoms with Crippen LogP contribution in [0.25, 0.3) is 0 Å². The van der Waals surface area contributed by atoms with Crippen LogP contribution in [0.1, 0.15) is 37.7 Å². The van der Waals surface area contributed by atoms with Crippen molar-refractivity contribution in [3.63, 3.8) is 0 Å². The van der Waals surface area contributed by atoms with Gasteiger partial charge in [0.25, 0.3) is 0 Å². The lowest BCUT2D eigenvalue weighted by Crippen LogP contribution is -2.51. The molecule has 2 aliphatic rings. The molecule has 1 aromatic heterocycles. The van der Waals surface area contributed by atoms with Crippen LogP contribution in [0.3, 0.4) is 0 Å². The lowest BCUT2D eigenvalue weighted by molar-refractivity contribution is -0.139. The predicted octanol–water partition coefficient (Wildman–Crippen LogP) is 2.18. The molecule has 1 atom stereocenters. The molecule has 1 saturated heterocycles. The summed E-state index contributed by atoms with van der Waals surface area (Å²) in [4.78, 5) is 20.9. The topological polar surface area (TPSA) is 60.2 Å². The maximum Gasteiger partial charge on any atom is 0.225 e. The van der Waals surface area contributed by atoms with E-state index in [-0.39, 0.29) is 12.0 Å². The van der Waals surface area contributed by atoms with Crippen molar-refractivity contribution in [2.75, 3.05) is 25.0 Å². The highest BCUT2D eigenvalue weighted by molar-refractivity contribution is 5.79. The summed E-state index contributed by atoms with van der Waals surface area (Å²) < 4.78 is 0. The fourth-order valence-corrected chi connectivity index (χ4v) is 3.32. The first-order valence-corrected chi connectivity index (χ1v) is 8.07. The molecule has 1 amide bonds. The number of carbonyl (C=O) groups excluding carboxylic acids is 1. The minimum absolute atomic E-state index is 0.218. The first kappa shape index (κ1) is 14.8. The maximum absolute atomic E-state index is 12.4. The summed E-state index contributed by atoms with van der Waals surface area (Å²) in [6.45, 7) is 1.66. The Morgan fingerprint density at radius 3 is 2.91 bits per heavy atom. The maximum atomic E-state index is 12.4. The van der Waals surface area contributed by atoms with Gasteiger partial charge in [-0.15, -0.1) is 0 Å². The second kappa shape index (κ2) is 6.35.